The number of nitrogens with two attached hydrogens (primary N) is 1. The molecule has 2 rings (SSSR count). The fourth-order valence-electron chi connectivity index (χ4n) is 2.17. The van der Waals surface area contributed by atoms with Gasteiger partial charge in [-0.15, -0.1) is 0 Å². The Labute approximate surface area is 102 Å². The molecule has 0 aromatic heterocycles. The molecule has 1 heterocycles. The Bertz CT molecular complexity index is 485. The van der Waals surface area contributed by atoms with Crippen molar-refractivity contribution < 1.29 is 8.42 Å². The molecule has 94 valence electrons. The maximum absolute atomic E-state index is 11.6. The summed E-state index contributed by atoms with van der Waals surface area (Å²) >= 11 is 0. The number of benzene rings is 1. The van der Waals surface area contributed by atoms with Crippen molar-refractivity contribution in [3.63, 3.8) is 0 Å². The minimum atomic E-state index is -2.85. The molecule has 0 atom stereocenters. The van der Waals surface area contributed by atoms with E-state index < -0.39 is 9.84 Å². The molecular formula is C12H18N2O2S. The zero-order chi connectivity index (χ0) is 12.3. The van der Waals surface area contributed by atoms with Gasteiger partial charge in [0.25, 0.3) is 0 Å². The summed E-state index contributed by atoms with van der Waals surface area (Å²) in [7, 11) is -2.85. The Hall–Kier alpha value is -1.07. The quantitative estimate of drug-likeness (QED) is 0.846. The molecule has 1 aliphatic rings. The van der Waals surface area contributed by atoms with Crippen molar-refractivity contribution in [2.75, 3.05) is 29.5 Å². The van der Waals surface area contributed by atoms with E-state index >= 15 is 0 Å². The van der Waals surface area contributed by atoms with Gasteiger partial charge in [-0.05, 0) is 18.1 Å². The first-order chi connectivity index (χ1) is 8.12. The molecule has 0 spiro atoms. The van der Waals surface area contributed by atoms with Crippen LogP contribution in [0.5, 0.6) is 0 Å². The second kappa shape index (κ2) is 5.06. The molecule has 5 heteroatoms. The third kappa shape index (κ3) is 2.98. The van der Waals surface area contributed by atoms with Gasteiger partial charge < -0.3 is 10.6 Å². The Morgan fingerprint density at radius 1 is 1.18 bits per heavy atom. The summed E-state index contributed by atoms with van der Waals surface area (Å²) in [6.07, 6.45) is 0.696. The lowest BCUT2D eigenvalue weighted by Crippen LogP contribution is -2.28. The van der Waals surface area contributed by atoms with E-state index in [9.17, 15) is 8.42 Å². The Morgan fingerprint density at radius 2 is 1.94 bits per heavy atom. The van der Waals surface area contributed by atoms with Gasteiger partial charge in [0.15, 0.2) is 9.84 Å². The van der Waals surface area contributed by atoms with Gasteiger partial charge in [-0.25, -0.2) is 8.42 Å². The minimum absolute atomic E-state index is 0.242. The highest BCUT2D eigenvalue weighted by atomic mass is 32.2. The Morgan fingerprint density at radius 3 is 2.71 bits per heavy atom. The summed E-state index contributed by atoms with van der Waals surface area (Å²) in [5, 5.41) is 0. The van der Waals surface area contributed by atoms with E-state index in [0.29, 0.717) is 25.3 Å². The first-order valence-electron chi connectivity index (χ1n) is 5.86. The van der Waals surface area contributed by atoms with Crippen LogP contribution in [0.1, 0.15) is 12.0 Å². The first kappa shape index (κ1) is 12.4. The summed E-state index contributed by atoms with van der Waals surface area (Å²) < 4.78 is 23.1. The highest BCUT2D eigenvalue weighted by Crippen LogP contribution is 2.21. The predicted molar refractivity (Wildman–Crippen MR) is 69.8 cm³/mol. The van der Waals surface area contributed by atoms with E-state index in [-0.39, 0.29) is 5.75 Å². The molecule has 0 saturated carbocycles. The molecule has 1 aliphatic heterocycles. The molecule has 1 aromatic rings. The van der Waals surface area contributed by atoms with E-state index in [1.165, 1.54) is 0 Å². The van der Waals surface area contributed by atoms with Crippen LogP contribution < -0.4 is 10.6 Å². The molecule has 0 bridgehead atoms. The Balaban J connectivity index is 2.22. The zero-order valence-electron chi connectivity index (χ0n) is 9.80. The van der Waals surface area contributed by atoms with Gasteiger partial charge >= 0.3 is 0 Å². The third-order valence-electron chi connectivity index (χ3n) is 3.11. The number of hydrogen-bond acceptors (Lipinski definition) is 4. The summed E-state index contributed by atoms with van der Waals surface area (Å²) in [6, 6.07) is 7.93. The second-order valence-electron chi connectivity index (χ2n) is 4.33. The molecule has 0 aliphatic carbocycles. The molecule has 0 unspecified atom stereocenters. The lowest BCUT2D eigenvalue weighted by Gasteiger charge is -2.24. The van der Waals surface area contributed by atoms with Crippen molar-refractivity contribution in [2.24, 2.45) is 5.73 Å². The maximum Gasteiger partial charge on any atom is 0.152 e. The second-order valence-corrected chi connectivity index (χ2v) is 6.63. The molecular weight excluding hydrogens is 236 g/mol. The number of anilines is 1. The average Bonchev–Trinajstić information content (AvgIpc) is 2.50. The normalized spacial score (nSPS) is 19.9. The Kier molecular flexibility index (Phi) is 3.69. The molecule has 2 N–H and O–H groups in total. The summed E-state index contributed by atoms with van der Waals surface area (Å²) in [5.41, 5.74) is 7.86. The SMILES string of the molecule is NCc1ccccc1N1CCCS(=O)(=O)CC1. The van der Waals surface area contributed by atoms with Crippen molar-refractivity contribution in [3.8, 4) is 0 Å². The molecule has 0 amide bonds. The molecule has 4 nitrogen and oxygen atoms in total. The third-order valence-corrected chi connectivity index (χ3v) is 4.82. The van der Waals surface area contributed by atoms with E-state index in [1.807, 2.05) is 24.3 Å². The number of para-hydroxylation sites is 1. The number of sulfone groups is 1. The standard InChI is InChI=1S/C12H18N2O2S/c13-10-11-4-1-2-5-12(11)14-6-3-8-17(15,16)9-7-14/h1-2,4-5H,3,6-10,13H2. The molecule has 1 aromatic carbocycles. The molecule has 0 radical (unpaired) electrons. The summed E-state index contributed by atoms with van der Waals surface area (Å²) in [6.45, 7) is 1.84. The van der Waals surface area contributed by atoms with E-state index in [1.54, 1.807) is 0 Å². The van der Waals surface area contributed by atoms with Crippen molar-refractivity contribution >= 4 is 15.5 Å². The average molecular weight is 254 g/mol. The largest absolute Gasteiger partial charge is 0.370 e. The van der Waals surface area contributed by atoms with Crippen molar-refractivity contribution in [1.29, 1.82) is 0 Å². The molecule has 17 heavy (non-hydrogen) atoms. The van der Waals surface area contributed by atoms with Crippen molar-refractivity contribution in [1.82, 2.24) is 0 Å². The highest BCUT2D eigenvalue weighted by Gasteiger charge is 2.20. The lowest BCUT2D eigenvalue weighted by molar-refractivity contribution is 0.597. The summed E-state index contributed by atoms with van der Waals surface area (Å²) in [4.78, 5) is 2.13. The van der Waals surface area contributed by atoms with Crippen LogP contribution in [0.4, 0.5) is 5.69 Å². The van der Waals surface area contributed by atoms with Gasteiger partial charge in [0.2, 0.25) is 0 Å². The van der Waals surface area contributed by atoms with Gasteiger partial charge in [-0.2, -0.15) is 0 Å². The number of rotatable bonds is 2. The van der Waals surface area contributed by atoms with Crippen LogP contribution in [0.2, 0.25) is 0 Å². The van der Waals surface area contributed by atoms with E-state index in [0.717, 1.165) is 17.8 Å². The van der Waals surface area contributed by atoms with Crippen LogP contribution in [0, 0.1) is 0 Å². The van der Waals surface area contributed by atoms with Gasteiger partial charge in [0.05, 0.1) is 11.5 Å². The van der Waals surface area contributed by atoms with Crippen molar-refractivity contribution in [3.05, 3.63) is 29.8 Å². The van der Waals surface area contributed by atoms with Crippen LogP contribution in [-0.2, 0) is 16.4 Å². The van der Waals surface area contributed by atoms with Gasteiger partial charge in [-0.3, -0.25) is 0 Å². The highest BCUT2D eigenvalue weighted by molar-refractivity contribution is 7.91. The fourth-order valence-corrected chi connectivity index (χ4v) is 3.44. The van der Waals surface area contributed by atoms with Crippen LogP contribution in [0.15, 0.2) is 24.3 Å². The molecule has 1 fully saturated rings. The van der Waals surface area contributed by atoms with E-state index in [4.69, 9.17) is 5.73 Å². The first-order valence-corrected chi connectivity index (χ1v) is 7.68. The minimum Gasteiger partial charge on any atom is -0.370 e. The van der Waals surface area contributed by atoms with Gasteiger partial charge in [0, 0.05) is 25.3 Å². The zero-order valence-corrected chi connectivity index (χ0v) is 10.6. The molecule has 1 saturated heterocycles. The topological polar surface area (TPSA) is 63.4 Å². The number of nitrogens with zero attached hydrogens (tertiary/aromatic N) is 1. The maximum atomic E-state index is 11.6. The van der Waals surface area contributed by atoms with Gasteiger partial charge in [0.1, 0.15) is 0 Å². The monoisotopic (exact) mass is 254 g/mol. The van der Waals surface area contributed by atoms with Crippen LogP contribution in [-0.4, -0.2) is 33.0 Å². The van der Waals surface area contributed by atoms with Gasteiger partial charge in [-0.1, -0.05) is 18.2 Å². The van der Waals surface area contributed by atoms with E-state index in [2.05, 4.69) is 4.90 Å². The van der Waals surface area contributed by atoms with Crippen LogP contribution >= 0.6 is 0 Å². The van der Waals surface area contributed by atoms with Crippen LogP contribution in [0.3, 0.4) is 0 Å². The number of hydrogen-bond donors (Lipinski definition) is 1. The fraction of sp³-hybridized carbons (Fsp3) is 0.500. The smallest absolute Gasteiger partial charge is 0.152 e. The predicted octanol–water partition coefficient (Wildman–Crippen LogP) is 0.770. The van der Waals surface area contributed by atoms with Crippen molar-refractivity contribution in [2.45, 2.75) is 13.0 Å². The lowest BCUT2D eigenvalue weighted by atomic mass is 10.1. The summed E-state index contributed by atoms with van der Waals surface area (Å²) in [5.74, 6) is 0.542. The van der Waals surface area contributed by atoms with Crippen LogP contribution in [0.25, 0.3) is 0 Å².